The maximum atomic E-state index is 13.9. The molecule has 136 valence electrons. The highest BCUT2D eigenvalue weighted by Gasteiger charge is 2.39. The number of carbonyl (C=O) groups excluding carboxylic acids is 1. The van der Waals surface area contributed by atoms with E-state index in [9.17, 15) is 9.18 Å². The third-order valence-electron chi connectivity index (χ3n) is 4.78. The van der Waals surface area contributed by atoms with E-state index in [1.165, 1.54) is 6.07 Å². The zero-order chi connectivity index (χ0) is 15.5. The van der Waals surface area contributed by atoms with Crippen LogP contribution >= 0.6 is 24.8 Å². The number of piperidine rings is 2. The van der Waals surface area contributed by atoms with E-state index in [2.05, 4.69) is 10.3 Å². The Morgan fingerprint density at radius 1 is 1.38 bits per heavy atom. The first kappa shape index (κ1) is 20.9. The van der Waals surface area contributed by atoms with Crippen LogP contribution in [0, 0.1) is 11.7 Å². The molecule has 5 nitrogen and oxygen atoms in total. The average Bonchev–Trinajstić information content (AvgIpc) is 2.54. The van der Waals surface area contributed by atoms with E-state index in [1.54, 1.807) is 12.3 Å². The molecule has 2 aliphatic heterocycles. The van der Waals surface area contributed by atoms with Crippen LogP contribution in [0.15, 0.2) is 18.3 Å². The van der Waals surface area contributed by atoms with Gasteiger partial charge in [-0.3, -0.25) is 4.79 Å². The lowest BCUT2D eigenvalue weighted by Crippen LogP contribution is -2.57. The second-order valence-corrected chi connectivity index (χ2v) is 6.10. The van der Waals surface area contributed by atoms with E-state index in [-0.39, 0.29) is 42.6 Å². The molecule has 0 unspecified atom stereocenters. The summed E-state index contributed by atoms with van der Waals surface area (Å²) in [6, 6.07) is 3.36. The SMILES string of the molecule is CNCCN1C(=O)CC[C@H]2CN(c3ncccc3F)CC[C@H]21.Cl.Cl. The Hall–Kier alpha value is -1.11. The second kappa shape index (κ2) is 9.39. The van der Waals surface area contributed by atoms with Crippen molar-refractivity contribution >= 4 is 36.5 Å². The third-order valence-corrected chi connectivity index (χ3v) is 4.78. The molecule has 0 bridgehead atoms. The van der Waals surface area contributed by atoms with Gasteiger partial charge in [0.1, 0.15) is 0 Å². The molecule has 0 saturated carbocycles. The summed E-state index contributed by atoms with van der Waals surface area (Å²) in [5.74, 6) is 0.846. The Morgan fingerprint density at radius 2 is 2.17 bits per heavy atom. The standard InChI is InChI=1S/C16H23FN4O.2ClH/c1-18-8-10-21-14-6-9-20(11-12(14)4-5-15(21)22)16-13(17)3-2-7-19-16;;/h2-3,7,12,14,18H,4-6,8-11H2,1H3;2*1H/t12-,14+;;/m0../s1. The van der Waals surface area contributed by atoms with E-state index in [0.29, 0.717) is 18.2 Å². The molecular formula is C16H25Cl2FN4O. The van der Waals surface area contributed by atoms with Crippen molar-refractivity contribution in [2.75, 3.05) is 38.1 Å². The zero-order valence-corrected chi connectivity index (χ0v) is 15.4. The lowest BCUT2D eigenvalue weighted by Gasteiger charge is -2.47. The molecule has 1 N–H and O–H groups in total. The van der Waals surface area contributed by atoms with Crippen molar-refractivity contribution < 1.29 is 9.18 Å². The fourth-order valence-electron chi connectivity index (χ4n) is 3.68. The fraction of sp³-hybridized carbons (Fsp3) is 0.625. The molecular weight excluding hydrogens is 354 g/mol. The first-order chi connectivity index (χ1) is 10.7. The van der Waals surface area contributed by atoms with Crippen LogP contribution in [0.3, 0.4) is 0 Å². The third kappa shape index (κ3) is 4.29. The van der Waals surface area contributed by atoms with Gasteiger partial charge in [0, 0.05) is 44.8 Å². The van der Waals surface area contributed by atoms with Crippen molar-refractivity contribution in [2.45, 2.75) is 25.3 Å². The molecule has 0 aromatic carbocycles. The normalized spacial score (nSPS) is 23.2. The molecule has 1 amide bonds. The minimum atomic E-state index is -0.264. The van der Waals surface area contributed by atoms with Gasteiger partial charge in [-0.05, 0) is 37.9 Å². The lowest BCUT2D eigenvalue weighted by molar-refractivity contribution is -0.139. The van der Waals surface area contributed by atoms with Gasteiger partial charge in [0.05, 0.1) is 0 Å². The number of nitrogens with zero attached hydrogens (tertiary/aromatic N) is 3. The van der Waals surface area contributed by atoms with Gasteiger partial charge in [0.15, 0.2) is 11.6 Å². The maximum absolute atomic E-state index is 13.9. The molecule has 2 atom stereocenters. The lowest BCUT2D eigenvalue weighted by atomic mass is 9.83. The largest absolute Gasteiger partial charge is 0.354 e. The topological polar surface area (TPSA) is 48.5 Å². The van der Waals surface area contributed by atoms with Gasteiger partial charge in [-0.15, -0.1) is 24.8 Å². The highest BCUT2D eigenvalue weighted by Crippen LogP contribution is 2.33. The smallest absolute Gasteiger partial charge is 0.222 e. The van der Waals surface area contributed by atoms with Crippen LogP contribution < -0.4 is 10.2 Å². The van der Waals surface area contributed by atoms with Crippen LogP contribution in [0.2, 0.25) is 0 Å². The average molecular weight is 379 g/mol. The monoisotopic (exact) mass is 378 g/mol. The van der Waals surface area contributed by atoms with Gasteiger partial charge in [-0.25, -0.2) is 9.37 Å². The number of rotatable bonds is 4. The number of aromatic nitrogens is 1. The van der Waals surface area contributed by atoms with Crippen molar-refractivity contribution in [3.8, 4) is 0 Å². The van der Waals surface area contributed by atoms with Crippen LogP contribution in [-0.4, -0.2) is 55.1 Å². The summed E-state index contributed by atoms with van der Waals surface area (Å²) in [6.07, 6.45) is 4.01. The highest BCUT2D eigenvalue weighted by molar-refractivity contribution is 5.85. The summed E-state index contributed by atoms with van der Waals surface area (Å²) in [7, 11) is 1.90. The molecule has 24 heavy (non-hydrogen) atoms. The van der Waals surface area contributed by atoms with Crippen molar-refractivity contribution in [3.05, 3.63) is 24.1 Å². The number of likely N-dealkylation sites (tertiary alicyclic amines) is 1. The molecule has 3 heterocycles. The molecule has 0 radical (unpaired) electrons. The molecule has 0 aliphatic carbocycles. The Labute approximate surface area is 154 Å². The molecule has 2 saturated heterocycles. The number of pyridine rings is 1. The number of amides is 1. The molecule has 3 rings (SSSR count). The number of nitrogens with one attached hydrogen (secondary N) is 1. The summed E-state index contributed by atoms with van der Waals surface area (Å²) in [4.78, 5) is 20.4. The van der Waals surface area contributed by atoms with Gasteiger partial charge >= 0.3 is 0 Å². The Balaban J connectivity index is 0.00000144. The molecule has 2 fully saturated rings. The summed E-state index contributed by atoms with van der Waals surface area (Å²) in [5, 5.41) is 3.11. The van der Waals surface area contributed by atoms with Crippen LogP contribution in [0.1, 0.15) is 19.3 Å². The number of halogens is 3. The van der Waals surface area contributed by atoms with Crippen LogP contribution in [0.4, 0.5) is 10.2 Å². The Morgan fingerprint density at radius 3 is 2.88 bits per heavy atom. The minimum Gasteiger partial charge on any atom is -0.354 e. The fourth-order valence-corrected chi connectivity index (χ4v) is 3.68. The molecule has 8 heteroatoms. The minimum absolute atomic E-state index is 0. The quantitative estimate of drug-likeness (QED) is 0.871. The Kier molecular flexibility index (Phi) is 8.19. The van der Waals surface area contributed by atoms with Crippen molar-refractivity contribution in [2.24, 2.45) is 5.92 Å². The maximum Gasteiger partial charge on any atom is 0.222 e. The molecule has 0 spiro atoms. The number of likely N-dealkylation sites (N-methyl/N-ethyl adjacent to an activating group) is 1. The summed E-state index contributed by atoms with van der Waals surface area (Å²) in [5.41, 5.74) is 0. The van der Waals surface area contributed by atoms with E-state index in [1.807, 2.05) is 16.8 Å². The number of fused-ring (bicyclic) bond motifs is 1. The Bertz CT molecular complexity index is 549. The summed E-state index contributed by atoms with van der Waals surface area (Å²) >= 11 is 0. The predicted molar refractivity (Wildman–Crippen MR) is 97.7 cm³/mol. The van der Waals surface area contributed by atoms with Crippen molar-refractivity contribution in [1.29, 1.82) is 0 Å². The first-order valence-electron chi connectivity index (χ1n) is 8.00. The van der Waals surface area contributed by atoms with Crippen LogP contribution in [0.5, 0.6) is 0 Å². The number of anilines is 1. The van der Waals surface area contributed by atoms with E-state index >= 15 is 0 Å². The zero-order valence-electron chi connectivity index (χ0n) is 13.8. The van der Waals surface area contributed by atoms with Crippen LogP contribution in [0.25, 0.3) is 0 Å². The van der Waals surface area contributed by atoms with Gasteiger partial charge in [0.25, 0.3) is 0 Å². The summed E-state index contributed by atoms with van der Waals surface area (Å²) in [6.45, 7) is 3.10. The van der Waals surface area contributed by atoms with Crippen molar-refractivity contribution in [1.82, 2.24) is 15.2 Å². The van der Waals surface area contributed by atoms with Crippen molar-refractivity contribution in [3.63, 3.8) is 0 Å². The van der Waals surface area contributed by atoms with E-state index < -0.39 is 0 Å². The van der Waals surface area contributed by atoms with Crippen LogP contribution in [-0.2, 0) is 4.79 Å². The molecule has 1 aromatic rings. The highest BCUT2D eigenvalue weighted by atomic mass is 35.5. The molecule has 1 aromatic heterocycles. The number of hydrogen-bond acceptors (Lipinski definition) is 4. The summed E-state index contributed by atoms with van der Waals surface area (Å²) < 4.78 is 13.9. The van der Waals surface area contributed by atoms with E-state index in [0.717, 1.165) is 39.0 Å². The van der Waals surface area contributed by atoms with Gasteiger partial charge < -0.3 is 15.1 Å². The first-order valence-corrected chi connectivity index (χ1v) is 8.00. The molecule has 2 aliphatic rings. The predicted octanol–water partition coefficient (Wildman–Crippen LogP) is 2.10. The van der Waals surface area contributed by atoms with Gasteiger partial charge in [0.2, 0.25) is 5.91 Å². The second-order valence-electron chi connectivity index (χ2n) is 6.10. The number of carbonyl (C=O) groups is 1. The van der Waals surface area contributed by atoms with Gasteiger partial charge in [-0.1, -0.05) is 0 Å². The van der Waals surface area contributed by atoms with E-state index in [4.69, 9.17) is 0 Å². The number of hydrogen-bond donors (Lipinski definition) is 1. The van der Waals surface area contributed by atoms with Gasteiger partial charge in [-0.2, -0.15) is 0 Å².